The van der Waals surface area contributed by atoms with Gasteiger partial charge >= 0.3 is 15.2 Å². The predicted molar refractivity (Wildman–Crippen MR) is 42.0 cm³/mol. The zero-order valence-corrected chi connectivity index (χ0v) is 8.47. The van der Waals surface area contributed by atoms with E-state index in [2.05, 4.69) is 0 Å². The smallest absolute Gasteiger partial charge is 0.323 e. The molecular formula is C3H11NO7P2. The molecule has 0 fully saturated rings. The molecule has 5 N–H and O–H groups in total. The Bertz CT molecular complexity index is 254. The Labute approximate surface area is 74.1 Å². The van der Waals surface area contributed by atoms with Crippen LogP contribution in [0, 0.1) is 0 Å². The summed E-state index contributed by atoms with van der Waals surface area (Å²) < 4.78 is 20.8. The van der Waals surface area contributed by atoms with Crippen LogP contribution in [0.4, 0.5) is 0 Å². The van der Waals surface area contributed by atoms with E-state index in [0.29, 0.717) is 0 Å². The van der Waals surface area contributed by atoms with Crippen LogP contribution < -0.4 is 0 Å². The van der Waals surface area contributed by atoms with Crippen molar-refractivity contribution in [3.63, 3.8) is 0 Å². The van der Waals surface area contributed by atoms with Gasteiger partial charge in [0.15, 0.2) is 0 Å². The summed E-state index contributed by atoms with van der Waals surface area (Å²) in [7, 11) is -9.08. The summed E-state index contributed by atoms with van der Waals surface area (Å²) in [6.07, 6.45) is -1.11. The van der Waals surface area contributed by atoms with Crippen molar-refractivity contribution in [1.82, 2.24) is 5.06 Å². The molecule has 13 heavy (non-hydrogen) atoms. The SMILES string of the molecule is CC(N(O)CP(=O)(O)O)P(=O)(O)O. The first-order valence-corrected chi connectivity index (χ1v) is 6.57. The quantitative estimate of drug-likeness (QED) is 0.319. The van der Waals surface area contributed by atoms with Gasteiger partial charge in [-0.1, -0.05) is 0 Å². The van der Waals surface area contributed by atoms with Gasteiger partial charge in [-0.25, -0.2) is 0 Å². The lowest BCUT2D eigenvalue weighted by Crippen LogP contribution is -2.30. The second-order valence-corrected chi connectivity index (χ2v) is 6.00. The van der Waals surface area contributed by atoms with E-state index in [1.165, 1.54) is 0 Å². The predicted octanol–water partition coefficient (Wildman–Crippen LogP) is -0.664. The summed E-state index contributed by atoms with van der Waals surface area (Å²) in [5, 5.41) is 8.77. The lowest BCUT2D eigenvalue weighted by atomic mass is 10.7. The molecular weight excluding hydrogens is 224 g/mol. The van der Waals surface area contributed by atoms with Crippen LogP contribution in [0.1, 0.15) is 6.92 Å². The van der Waals surface area contributed by atoms with E-state index in [0.717, 1.165) is 6.92 Å². The molecule has 0 rings (SSSR count). The highest BCUT2D eigenvalue weighted by Crippen LogP contribution is 2.45. The minimum atomic E-state index is -4.57. The highest BCUT2D eigenvalue weighted by molar-refractivity contribution is 7.53. The number of rotatable bonds is 4. The largest absolute Gasteiger partial charge is 0.344 e. The van der Waals surface area contributed by atoms with Gasteiger partial charge in [-0.3, -0.25) is 9.13 Å². The Hall–Kier alpha value is 0.220. The first-order chi connectivity index (χ1) is 5.54. The number of hydroxylamine groups is 2. The topological polar surface area (TPSA) is 139 Å². The van der Waals surface area contributed by atoms with E-state index in [9.17, 15) is 9.13 Å². The normalized spacial score (nSPS) is 16.2. The zero-order valence-electron chi connectivity index (χ0n) is 6.68. The maximum Gasteiger partial charge on any atom is 0.344 e. The van der Waals surface area contributed by atoms with E-state index in [4.69, 9.17) is 24.8 Å². The zero-order chi connectivity index (χ0) is 10.9. The van der Waals surface area contributed by atoms with Gasteiger partial charge in [0.2, 0.25) is 0 Å². The molecule has 0 aliphatic carbocycles. The van der Waals surface area contributed by atoms with Gasteiger partial charge in [-0.15, -0.1) is 0 Å². The Kier molecular flexibility index (Phi) is 4.23. The van der Waals surface area contributed by atoms with Gasteiger partial charge < -0.3 is 24.8 Å². The van der Waals surface area contributed by atoms with E-state index in [1.807, 2.05) is 0 Å². The summed E-state index contributed by atoms with van der Waals surface area (Å²) in [5.74, 6) is -1.64. The van der Waals surface area contributed by atoms with Crippen LogP contribution in [0.5, 0.6) is 0 Å². The van der Waals surface area contributed by atoms with E-state index >= 15 is 0 Å². The third-order valence-corrected chi connectivity index (χ3v) is 3.15. The average molecular weight is 235 g/mol. The number of hydrogen-bond donors (Lipinski definition) is 5. The molecule has 0 saturated carbocycles. The van der Waals surface area contributed by atoms with E-state index in [-0.39, 0.29) is 5.06 Å². The molecule has 0 heterocycles. The molecule has 0 saturated heterocycles. The monoisotopic (exact) mass is 235 g/mol. The molecule has 0 radical (unpaired) electrons. The lowest BCUT2D eigenvalue weighted by molar-refractivity contribution is -0.0907. The van der Waals surface area contributed by atoms with Gasteiger partial charge in [0, 0.05) is 0 Å². The fourth-order valence-electron chi connectivity index (χ4n) is 0.481. The number of nitrogens with zero attached hydrogens (tertiary/aromatic N) is 1. The highest BCUT2D eigenvalue weighted by Gasteiger charge is 2.32. The molecule has 80 valence electrons. The highest BCUT2D eigenvalue weighted by atomic mass is 31.2. The fraction of sp³-hybridized carbons (Fsp3) is 1.00. The molecule has 0 aliphatic heterocycles. The Morgan fingerprint density at radius 1 is 1.23 bits per heavy atom. The molecule has 10 heteroatoms. The third-order valence-electron chi connectivity index (χ3n) is 1.25. The van der Waals surface area contributed by atoms with Crippen LogP contribution in [0.15, 0.2) is 0 Å². The van der Waals surface area contributed by atoms with Crippen molar-refractivity contribution in [1.29, 1.82) is 0 Å². The Balaban J connectivity index is 4.38. The molecule has 0 amide bonds. The fourth-order valence-corrected chi connectivity index (χ4v) is 1.66. The lowest BCUT2D eigenvalue weighted by Gasteiger charge is -2.22. The van der Waals surface area contributed by atoms with E-state index in [1.54, 1.807) is 0 Å². The molecule has 1 unspecified atom stereocenters. The molecule has 0 aromatic carbocycles. The van der Waals surface area contributed by atoms with Crippen LogP contribution in [-0.4, -0.2) is 41.9 Å². The van der Waals surface area contributed by atoms with E-state index < -0.39 is 27.3 Å². The molecule has 0 aliphatic rings. The first-order valence-electron chi connectivity index (χ1n) is 3.09. The third kappa shape index (κ3) is 5.51. The molecule has 0 spiro atoms. The van der Waals surface area contributed by atoms with Crippen molar-refractivity contribution in [2.75, 3.05) is 6.29 Å². The van der Waals surface area contributed by atoms with Crippen LogP contribution in [0.25, 0.3) is 0 Å². The van der Waals surface area contributed by atoms with Gasteiger partial charge in [0.25, 0.3) is 0 Å². The van der Waals surface area contributed by atoms with Crippen molar-refractivity contribution in [2.24, 2.45) is 0 Å². The van der Waals surface area contributed by atoms with Crippen molar-refractivity contribution in [2.45, 2.75) is 12.7 Å². The van der Waals surface area contributed by atoms with Gasteiger partial charge in [0.1, 0.15) is 12.1 Å². The summed E-state index contributed by atoms with van der Waals surface area (Å²) >= 11 is 0. The van der Waals surface area contributed by atoms with Gasteiger partial charge in [0.05, 0.1) is 0 Å². The van der Waals surface area contributed by atoms with Crippen LogP contribution >= 0.6 is 15.2 Å². The molecule has 1 atom stereocenters. The van der Waals surface area contributed by atoms with Crippen molar-refractivity contribution in [3.8, 4) is 0 Å². The molecule has 0 aromatic heterocycles. The second-order valence-electron chi connectivity index (χ2n) is 2.47. The standard InChI is InChI=1S/C3H11NO7P2/c1-3(13(9,10)11)4(5)2-12(6,7)8/h3,5H,2H2,1H3,(H2,6,7,8)(H2,9,10,11). The summed E-state index contributed by atoms with van der Waals surface area (Å²) in [4.78, 5) is 33.7. The van der Waals surface area contributed by atoms with Crippen molar-refractivity contribution in [3.05, 3.63) is 0 Å². The van der Waals surface area contributed by atoms with Crippen LogP contribution in [0.3, 0.4) is 0 Å². The summed E-state index contributed by atoms with van der Waals surface area (Å²) in [6, 6.07) is 0. The molecule has 0 aromatic rings. The average Bonchev–Trinajstić information content (AvgIpc) is 1.79. The van der Waals surface area contributed by atoms with Crippen molar-refractivity contribution < 1.29 is 33.9 Å². The Morgan fingerprint density at radius 2 is 1.62 bits per heavy atom. The minimum Gasteiger partial charge on any atom is -0.323 e. The van der Waals surface area contributed by atoms with Gasteiger partial charge in [-0.05, 0) is 6.92 Å². The van der Waals surface area contributed by atoms with Gasteiger partial charge in [-0.2, -0.15) is 5.06 Å². The first kappa shape index (κ1) is 13.2. The number of hydrogen-bond acceptors (Lipinski definition) is 4. The maximum absolute atomic E-state index is 10.5. The van der Waals surface area contributed by atoms with Crippen molar-refractivity contribution >= 4 is 15.2 Å². The van der Waals surface area contributed by atoms with Crippen LogP contribution in [0.2, 0.25) is 0 Å². The molecule has 8 nitrogen and oxygen atoms in total. The minimum absolute atomic E-state index is 0.0679. The molecule has 0 bridgehead atoms. The van der Waals surface area contributed by atoms with Crippen LogP contribution in [-0.2, 0) is 9.13 Å². The second kappa shape index (κ2) is 4.16. The Morgan fingerprint density at radius 3 is 1.85 bits per heavy atom. The maximum atomic E-state index is 10.5. The summed E-state index contributed by atoms with van der Waals surface area (Å²) in [5.41, 5.74) is 0. The summed E-state index contributed by atoms with van der Waals surface area (Å²) in [6.45, 7) is 0.955.